The summed E-state index contributed by atoms with van der Waals surface area (Å²) in [7, 11) is 4.09. The Morgan fingerprint density at radius 1 is 1.44 bits per heavy atom. The molecule has 0 aromatic carbocycles. The molecule has 0 saturated heterocycles. The van der Waals surface area contributed by atoms with Gasteiger partial charge in [0.15, 0.2) is 0 Å². The molecule has 1 atom stereocenters. The van der Waals surface area contributed by atoms with Gasteiger partial charge in [-0.3, -0.25) is 0 Å². The van der Waals surface area contributed by atoms with Crippen molar-refractivity contribution >= 4 is 0 Å². The highest BCUT2D eigenvalue weighted by atomic mass is 15.1. The quantitative estimate of drug-likeness (QED) is 0.750. The molecule has 1 N–H and O–H groups in total. The summed E-state index contributed by atoms with van der Waals surface area (Å²) in [6.07, 6.45) is 7.52. The van der Waals surface area contributed by atoms with Crippen LogP contribution in [0.25, 0.3) is 0 Å². The van der Waals surface area contributed by atoms with Crippen molar-refractivity contribution in [3.8, 4) is 6.07 Å². The predicted octanol–water partition coefficient (Wildman–Crippen LogP) is 2.14. The fraction of sp³-hybridized carbons (Fsp3) is 0.923. The largest absolute Gasteiger partial charge is 0.303 e. The Morgan fingerprint density at radius 2 is 2.06 bits per heavy atom. The number of nitrogens with one attached hydrogen (secondary N) is 1. The Balaban J connectivity index is 2.22. The van der Waals surface area contributed by atoms with Gasteiger partial charge in [-0.15, -0.1) is 0 Å². The van der Waals surface area contributed by atoms with Crippen LogP contribution in [0.15, 0.2) is 0 Å². The van der Waals surface area contributed by atoms with E-state index in [4.69, 9.17) is 5.26 Å². The lowest BCUT2D eigenvalue weighted by Gasteiger charge is -2.26. The standard InChI is InChI=1S/C13H25N3/c1-13(11-14,15-2)9-6-10-16(3)12-7-4-5-8-12/h12,15H,4-10H2,1-3H3. The third-order valence-corrected chi connectivity index (χ3v) is 3.93. The van der Waals surface area contributed by atoms with Crippen molar-refractivity contribution < 1.29 is 0 Å². The highest BCUT2D eigenvalue weighted by Crippen LogP contribution is 2.23. The first-order chi connectivity index (χ1) is 7.61. The van der Waals surface area contributed by atoms with Crippen molar-refractivity contribution in [1.29, 1.82) is 5.26 Å². The molecule has 3 heteroatoms. The van der Waals surface area contributed by atoms with Crippen molar-refractivity contribution in [1.82, 2.24) is 10.2 Å². The summed E-state index contributed by atoms with van der Waals surface area (Å²) in [4.78, 5) is 2.47. The lowest BCUT2D eigenvalue weighted by molar-refractivity contribution is 0.234. The van der Waals surface area contributed by atoms with Crippen LogP contribution in [0.5, 0.6) is 0 Å². The van der Waals surface area contributed by atoms with Gasteiger partial charge < -0.3 is 10.2 Å². The van der Waals surface area contributed by atoms with Crippen molar-refractivity contribution in [2.75, 3.05) is 20.6 Å². The average molecular weight is 223 g/mol. The van der Waals surface area contributed by atoms with E-state index < -0.39 is 0 Å². The molecule has 1 aliphatic carbocycles. The number of nitriles is 1. The molecule has 1 unspecified atom stereocenters. The highest BCUT2D eigenvalue weighted by Gasteiger charge is 2.22. The van der Waals surface area contributed by atoms with Gasteiger partial charge in [-0.25, -0.2) is 0 Å². The maximum absolute atomic E-state index is 9.04. The molecule has 0 aliphatic heterocycles. The Hall–Kier alpha value is -0.590. The molecule has 0 radical (unpaired) electrons. The van der Waals surface area contributed by atoms with E-state index in [9.17, 15) is 0 Å². The molecule has 0 bridgehead atoms. The minimum Gasteiger partial charge on any atom is -0.303 e. The molecule has 0 aromatic rings. The molecule has 0 aromatic heterocycles. The van der Waals surface area contributed by atoms with Gasteiger partial charge in [0.25, 0.3) is 0 Å². The molecule has 1 rings (SSSR count). The van der Waals surface area contributed by atoms with Crippen molar-refractivity contribution in [2.45, 2.75) is 57.0 Å². The minimum absolute atomic E-state index is 0.351. The zero-order valence-corrected chi connectivity index (χ0v) is 10.9. The zero-order chi connectivity index (χ0) is 12.0. The second-order valence-electron chi connectivity index (χ2n) is 5.22. The molecule has 0 heterocycles. The van der Waals surface area contributed by atoms with E-state index in [0.717, 1.165) is 25.4 Å². The summed E-state index contributed by atoms with van der Waals surface area (Å²) in [5.41, 5.74) is -0.351. The summed E-state index contributed by atoms with van der Waals surface area (Å²) < 4.78 is 0. The molecule has 16 heavy (non-hydrogen) atoms. The number of rotatable bonds is 6. The van der Waals surface area contributed by atoms with Gasteiger partial charge in [0.2, 0.25) is 0 Å². The van der Waals surface area contributed by atoms with Crippen LogP contribution in [-0.2, 0) is 0 Å². The SMILES string of the molecule is CNC(C)(C#N)CCCN(C)C1CCCC1. The maximum atomic E-state index is 9.04. The zero-order valence-electron chi connectivity index (χ0n) is 10.9. The molecule has 1 fully saturated rings. The Labute approximate surface area is 99.8 Å². The first-order valence-corrected chi connectivity index (χ1v) is 6.42. The monoisotopic (exact) mass is 223 g/mol. The van der Waals surface area contributed by atoms with Crippen LogP contribution in [0, 0.1) is 11.3 Å². The fourth-order valence-corrected chi connectivity index (χ4v) is 2.45. The molecule has 3 nitrogen and oxygen atoms in total. The second-order valence-corrected chi connectivity index (χ2v) is 5.22. The summed E-state index contributed by atoms with van der Waals surface area (Å²) in [5.74, 6) is 0. The van der Waals surface area contributed by atoms with Crippen LogP contribution in [-0.4, -0.2) is 37.1 Å². The highest BCUT2D eigenvalue weighted by molar-refractivity contribution is 5.02. The lowest BCUT2D eigenvalue weighted by atomic mass is 9.98. The third-order valence-electron chi connectivity index (χ3n) is 3.93. The van der Waals surface area contributed by atoms with E-state index in [1.165, 1.54) is 25.7 Å². The van der Waals surface area contributed by atoms with E-state index in [0.29, 0.717) is 0 Å². The second kappa shape index (κ2) is 6.22. The summed E-state index contributed by atoms with van der Waals surface area (Å²) in [5, 5.41) is 12.1. The van der Waals surface area contributed by atoms with Crippen LogP contribution in [0.1, 0.15) is 45.4 Å². The summed E-state index contributed by atoms with van der Waals surface area (Å²) in [6, 6.07) is 3.14. The molecule has 92 valence electrons. The van der Waals surface area contributed by atoms with Crippen LogP contribution < -0.4 is 5.32 Å². The van der Waals surface area contributed by atoms with Gasteiger partial charge in [-0.1, -0.05) is 12.8 Å². The first kappa shape index (κ1) is 13.5. The van der Waals surface area contributed by atoms with Gasteiger partial charge in [0, 0.05) is 6.04 Å². The Morgan fingerprint density at radius 3 is 2.56 bits per heavy atom. The normalized spacial score (nSPS) is 20.9. The smallest absolute Gasteiger partial charge is 0.103 e. The van der Waals surface area contributed by atoms with Gasteiger partial charge in [-0.2, -0.15) is 5.26 Å². The van der Waals surface area contributed by atoms with Gasteiger partial charge in [0.1, 0.15) is 5.54 Å². The topological polar surface area (TPSA) is 39.1 Å². The van der Waals surface area contributed by atoms with E-state index in [1.54, 1.807) is 0 Å². The molecular weight excluding hydrogens is 198 g/mol. The maximum Gasteiger partial charge on any atom is 0.103 e. The van der Waals surface area contributed by atoms with Crippen LogP contribution in [0.2, 0.25) is 0 Å². The van der Waals surface area contributed by atoms with Crippen LogP contribution in [0.3, 0.4) is 0 Å². The molecule has 1 saturated carbocycles. The van der Waals surface area contributed by atoms with Crippen molar-refractivity contribution in [2.24, 2.45) is 0 Å². The fourth-order valence-electron chi connectivity index (χ4n) is 2.45. The first-order valence-electron chi connectivity index (χ1n) is 6.42. The number of hydrogen-bond acceptors (Lipinski definition) is 3. The molecular formula is C13H25N3. The van der Waals surface area contributed by atoms with Crippen LogP contribution in [0.4, 0.5) is 0 Å². The van der Waals surface area contributed by atoms with Crippen LogP contribution >= 0.6 is 0 Å². The summed E-state index contributed by atoms with van der Waals surface area (Å²) in [6.45, 7) is 3.09. The van der Waals surface area contributed by atoms with Crippen molar-refractivity contribution in [3.63, 3.8) is 0 Å². The molecule has 0 spiro atoms. The van der Waals surface area contributed by atoms with E-state index >= 15 is 0 Å². The Kier molecular flexibility index (Phi) is 5.24. The van der Waals surface area contributed by atoms with Gasteiger partial charge >= 0.3 is 0 Å². The average Bonchev–Trinajstić information content (AvgIpc) is 2.82. The number of nitrogens with zero attached hydrogens (tertiary/aromatic N) is 2. The van der Waals surface area contributed by atoms with E-state index in [1.807, 2.05) is 14.0 Å². The van der Waals surface area contributed by atoms with E-state index in [2.05, 4.69) is 23.3 Å². The van der Waals surface area contributed by atoms with Crippen molar-refractivity contribution in [3.05, 3.63) is 0 Å². The van der Waals surface area contributed by atoms with Gasteiger partial charge in [-0.05, 0) is 53.2 Å². The summed E-state index contributed by atoms with van der Waals surface area (Å²) >= 11 is 0. The van der Waals surface area contributed by atoms with Gasteiger partial charge in [0.05, 0.1) is 6.07 Å². The lowest BCUT2D eigenvalue weighted by Crippen LogP contribution is -2.39. The number of hydrogen-bond donors (Lipinski definition) is 1. The predicted molar refractivity (Wildman–Crippen MR) is 67.2 cm³/mol. The minimum atomic E-state index is -0.351. The Bertz CT molecular complexity index is 240. The molecule has 0 amide bonds. The molecule has 1 aliphatic rings. The van der Waals surface area contributed by atoms with E-state index in [-0.39, 0.29) is 5.54 Å². The third kappa shape index (κ3) is 3.77.